The van der Waals surface area contributed by atoms with Crippen LogP contribution in [0.4, 0.5) is 0 Å². The third kappa shape index (κ3) is 3.33. The van der Waals surface area contributed by atoms with Gasteiger partial charge in [0.15, 0.2) is 0 Å². The van der Waals surface area contributed by atoms with Crippen LogP contribution in [0.5, 0.6) is 0 Å². The van der Waals surface area contributed by atoms with Gasteiger partial charge in [-0.3, -0.25) is 0 Å². The smallest absolute Gasteiger partial charge is 0.0316 e. The fraction of sp³-hybridized carbons (Fsp3) is 0. The molecule has 1 rings (SSSR count). The van der Waals surface area contributed by atoms with Crippen LogP contribution >= 0.6 is 63.7 Å². The van der Waals surface area contributed by atoms with Gasteiger partial charge in [0.05, 0.1) is 0 Å². The summed E-state index contributed by atoms with van der Waals surface area (Å²) in [6.07, 6.45) is 0. The standard InChI is InChI=1S/C10H6Br4/c11-5-9(13)7-1-2-8(4-3-7)10(14)6-12/h1-6H. The number of hydrogen-bond donors (Lipinski definition) is 0. The molecule has 0 saturated carbocycles. The molecular formula is C10H6Br4. The summed E-state index contributed by atoms with van der Waals surface area (Å²) in [6, 6.07) is 8.20. The maximum Gasteiger partial charge on any atom is 0.0316 e. The molecule has 0 spiro atoms. The van der Waals surface area contributed by atoms with Gasteiger partial charge in [0, 0.05) is 8.96 Å². The Balaban J connectivity index is 3.01. The minimum Gasteiger partial charge on any atom is -0.0582 e. The molecule has 0 N–H and O–H groups in total. The van der Waals surface area contributed by atoms with Crippen LogP contribution in [0.15, 0.2) is 34.2 Å². The van der Waals surface area contributed by atoms with E-state index < -0.39 is 0 Å². The molecule has 0 nitrogen and oxygen atoms in total. The summed E-state index contributed by atoms with van der Waals surface area (Å²) in [4.78, 5) is 3.69. The molecule has 0 bridgehead atoms. The van der Waals surface area contributed by atoms with E-state index in [1.54, 1.807) is 0 Å². The highest BCUT2D eigenvalue weighted by Gasteiger charge is 1.99. The van der Waals surface area contributed by atoms with E-state index in [0.29, 0.717) is 0 Å². The maximum atomic E-state index is 3.44. The molecule has 1 aromatic rings. The highest BCUT2D eigenvalue weighted by Crippen LogP contribution is 2.27. The van der Waals surface area contributed by atoms with Gasteiger partial charge in [-0.2, -0.15) is 0 Å². The van der Waals surface area contributed by atoms with Gasteiger partial charge in [-0.25, -0.2) is 0 Å². The third-order valence-corrected chi connectivity index (χ3v) is 5.15. The quantitative estimate of drug-likeness (QED) is 0.534. The van der Waals surface area contributed by atoms with E-state index in [1.807, 2.05) is 9.97 Å². The molecule has 0 fully saturated rings. The fourth-order valence-corrected chi connectivity index (χ4v) is 1.97. The Bertz CT molecular complexity index is 325. The van der Waals surface area contributed by atoms with Crippen LogP contribution in [0.25, 0.3) is 8.96 Å². The average Bonchev–Trinajstić information content (AvgIpc) is 2.27. The van der Waals surface area contributed by atoms with E-state index in [-0.39, 0.29) is 0 Å². The number of halogens is 4. The highest BCUT2D eigenvalue weighted by atomic mass is 79.9. The molecular weight excluding hydrogens is 440 g/mol. The van der Waals surface area contributed by atoms with Crippen molar-refractivity contribution in [3.63, 3.8) is 0 Å². The minimum absolute atomic E-state index is 1.03. The van der Waals surface area contributed by atoms with Crippen molar-refractivity contribution in [2.24, 2.45) is 0 Å². The van der Waals surface area contributed by atoms with E-state index in [1.165, 1.54) is 0 Å². The normalized spacial score (nSPS) is 13.1. The van der Waals surface area contributed by atoms with Gasteiger partial charge >= 0.3 is 0 Å². The lowest BCUT2D eigenvalue weighted by atomic mass is 10.1. The monoisotopic (exact) mass is 442 g/mol. The second-order valence-electron chi connectivity index (χ2n) is 2.49. The van der Waals surface area contributed by atoms with Gasteiger partial charge in [0.25, 0.3) is 0 Å². The lowest BCUT2D eigenvalue weighted by molar-refractivity contribution is 1.62. The van der Waals surface area contributed by atoms with Crippen molar-refractivity contribution in [1.29, 1.82) is 0 Å². The van der Waals surface area contributed by atoms with E-state index in [0.717, 1.165) is 20.1 Å². The van der Waals surface area contributed by atoms with E-state index >= 15 is 0 Å². The van der Waals surface area contributed by atoms with Crippen LogP contribution in [-0.4, -0.2) is 0 Å². The largest absolute Gasteiger partial charge is 0.0582 e. The Kier molecular flexibility index (Phi) is 5.67. The molecule has 0 aliphatic heterocycles. The topological polar surface area (TPSA) is 0 Å². The van der Waals surface area contributed by atoms with Crippen molar-refractivity contribution < 1.29 is 0 Å². The first-order valence-electron chi connectivity index (χ1n) is 3.71. The van der Waals surface area contributed by atoms with Crippen molar-refractivity contribution in [3.8, 4) is 0 Å². The van der Waals surface area contributed by atoms with Crippen LogP contribution in [-0.2, 0) is 0 Å². The minimum atomic E-state index is 1.03. The lowest BCUT2D eigenvalue weighted by Gasteiger charge is -2.01. The Labute approximate surface area is 117 Å². The first-order valence-corrected chi connectivity index (χ1v) is 7.13. The number of benzene rings is 1. The summed E-state index contributed by atoms with van der Waals surface area (Å²) in [6.45, 7) is 0. The zero-order valence-corrected chi connectivity index (χ0v) is 13.3. The summed E-state index contributed by atoms with van der Waals surface area (Å²) >= 11 is 13.4. The predicted molar refractivity (Wildman–Crippen MR) is 78.1 cm³/mol. The van der Waals surface area contributed by atoms with Crippen molar-refractivity contribution >= 4 is 72.7 Å². The fourth-order valence-electron chi connectivity index (χ4n) is 0.915. The Morgan fingerprint density at radius 3 is 1.29 bits per heavy atom. The second-order valence-corrected chi connectivity index (χ2v) is 5.12. The van der Waals surface area contributed by atoms with Gasteiger partial charge < -0.3 is 0 Å². The number of hydrogen-bond acceptors (Lipinski definition) is 0. The van der Waals surface area contributed by atoms with Crippen LogP contribution in [0.3, 0.4) is 0 Å². The third-order valence-electron chi connectivity index (χ3n) is 1.63. The second kappa shape index (κ2) is 6.26. The summed E-state index contributed by atoms with van der Waals surface area (Å²) in [5, 5.41) is 0. The molecule has 0 atom stereocenters. The van der Waals surface area contributed by atoms with Gasteiger partial charge in [-0.05, 0) is 53.0 Å². The Hall–Kier alpha value is 0.620. The highest BCUT2D eigenvalue weighted by molar-refractivity contribution is 9.16. The summed E-state index contributed by atoms with van der Waals surface area (Å²) < 4.78 is 2.06. The molecule has 74 valence electrons. The molecule has 0 heterocycles. The molecule has 1 aromatic carbocycles. The van der Waals surface area contributed by atoms with Crippen molar-refractivity contribution in [2.75, 3.05) is 0 Å². The Morgan fingerprint density at radius 1 is 0.786 bits per heavy atom. The van der Waals surface area contributed by atoms with Crippen LogP contribution in [0.2, 0.25) is 0 Å². The van der Waals surface area contributed by atoms with E-state index in [2.05, 4.69) is 88.0 Å². The van der Waals surface area contributed by atoms with Crippen LogP contribution < -0.4 is 0 Å². The first kappa shape index (κ1) is 12.7. The summed E-state index contributed by atoms with van der Waals surface area (Å²) in [7, 11) is 0. The summed E-state index contributed by atoms with van der Waals surface area (Å²) in [5.74, 6) is 0. The predicted octanol–water partition coefficient (Wildman–Crippen LogP) is 5.86. The van der Waals surface area contributed by atoms with Crippen LogP contribution in [0, 0.1) is 0 Å². The number of rotatable bonds is 2. The molecule has 0 aliphatic rings. The van der Waals surface area contributed by atoms with E-state index in [9.17, 15) is 0 Å². The van der Waals surface area contributed by atoms with Gasteiger partial charge in [0.2, 0.25) is 0 Å². The van der Waals surface area contributed by atoms with Crippen LogP contribution in [0.1, 0.15) is 11.1 Å². The van der Waals surface area contributed by atoms with Gasteiger partial charge in [-0.15, -0.1) is 0 Å². The SMILES string of the molecule is BrC=C(Br)c1ccc(C(Br)=CBr)cc1. The molecule has 0 aliphatic carbocycles. The van der Waals surface area contributed by atoms with Gasteiger partial charge in [0.1, 0.15) is 0 Å². The molecule has 0 saturated heterocycles. The Morgan fingerprint density at radius 2 is 1.07 bits per heavy atom. The maximum absolute atomic E-state index is 3.44. The molecule has 0 aromatic heterocycles. The molecule has 0 unspecified atom stereocenters. The first-order chi connectivity index (χ1) is 6.69. The average molecular weight is 446 g/mol. The molecule has 4 heteroatoms. The van der Waals surface area contributed by atoms with Gasteiger partial charge in [-0.1, -0.05) is 56.1 Å². The van der Waals surface area contributed by atoms with E-state index in [4.69, 9.17) is 0 Å². The zero-order chi connectivity index (χ0) is 10.6. The van der Waals surface area contributed by atoms with Crippen molar-refractivity contribution in [1.82, 2.24) is 0 Å². The van der Waals surface area contributed by atoms with Crippen molar-refractivity contribution in [3.05, 3.63) is 45.4 Å². The molecule has 14 heavy (non-hydrogen) atoms. The zero-order valence-electron chi connectivity index (χ0n) is 6.98. The molecule has 0 amide bonds. The lowest BCUT2D eigenvalue weighted by Crippen LogP contribution is -1.79. The van der Waals surface area contributed by atoms with Crippen molar-refractivity contribution in [2.45, 2.75) is 0 Å². The molecule has 0 radical (unpaired) electrons. The summed E-state index contributed by atoms with van der Waals surface area (Å²) in [5.41, 5.74) is 2.28.